The first-order valence-electron chi connectivity index (χ1n) is 5.85. The van der Waals surface area contributed by atoms with Gasteiger partial charge >= 0.3 is 0 Å². The molecule has 4 heteroatoms. The van der Waals surface area contributed by atoms with Crippen molar-refractivity contribution in [3.8, 4) is 0 Å². The van der Waals surface area contributed by atoms with E-state index in [1.807, 2.05) is 6.07 Å². The molecule has 2 atom stereocenters. The molecule has 0 radical (unpaired) electrons. The molecule has 2 rings (SSSR count). The minimum Gasteiger partial charge on any atom is -0.393 e. The van der Waals surface area contributed by atoms with Gasteiger partial charge in [0, 0.05) is 29.7 Å². The highest BCUT2D eigenvalue weighted by atomic mass is 35.5. The minimum absolute atomic E-state index is 0.404. The molecule has 2 unspecified atom stereocenters. The molecule has 1 aliphatic rings. The lowest BCUT2D eigenvalue weighted by atomic mass is 9.96. The molecule has 0 aromatic heterocycles. The predicted molar refractivity (Wildman–Crippen MR) is 69.7 cm³/mol. The summed E-state index contributed by atoms with van der Waals surface area (Å²) in [6.07, 6.45) is 1.89. The van der Waals surface area contributed by atoms with Crippen molar-refractivity contribution in [2.24, 2.45) is 5.92 Å². The Labute approximate surface area is 111 Å². The highest BCUT2D eigenvalue weighted by Gasteiger charge is 2.20. The second-order valence-electron chi connectivity index (χ2n) is 4.52. The predicted octanol–water partition coefficient (Wildman–Crippen LogP) is 3.32. The van der Waals surface area contributed by atoms with E-state index in [1.165, 1.54) is 0 Å². The average molecular weight is 275 g/mol. The van der Waals surface area contributed by atoms with E-state index in [-0.39, 0.29) is 0 Å². The number of hydrogen-bond acceptors (Lipinski definition) is 2. The van der Waals surface area contributed by atoms with Crippen molar-refractivity contribution in [1.29, 1.82) is 0 Å². The first kappa shape index (κ1) is 13.2. The van der Waals surface area contributed by atoms with Gasteiger partial charge in [-0.3, -0.25) is 0 Å². The van der Waals surface area contributed by atoms with Crippen LogP contribution in [0.2, 0.25) is 10.0 Å². The number of aliphatic hydroxyl groups excluding tert-OH is 1. The van der Waals surface area contributed by atoms with Crippen LogP contribution in [0.4, 0.5) is 0 Å². The molecule has 1 aromatic carbocycles. The summed E-state index contributed by atoms with van der Waals surface area (Å²) in [6, 6.07) is 5.41. The summed E-state index contributed by atoms with van der Waals surface area (Å²) in [5.74, 6) is 0.464. The maximum Gasteiger partial charge on any atom is 0.0585 e. The van der Waals surface area contributed by atoms with E-state index in [0.717, 1.165) is 31.6 Å². The molecule has 1 aliphatic heterocycles. The van der Waals surface area contributed by atoms with Gasteiger partial charge in [0.05, 0.1) is 6.10 Å². The van der Waals surface area contributed by atoms with E-state index in [4.69, 9.17) is 27.9 Å². The van der Waals surface area contributed by atoms with Crippen LogP contribution in [-0.4, -0.2) is 24.4 Å². The lowest BCUT2D eigenvalue weighted by Gasteiger charge is -2.16. The Morgan fingerprint density at radius 2 is 2.06 bits per heavy atom. The third-order valence-corrected chi connectivity index (χ3v) is 3.84. The van der Waals surface area contributed by atoms with E-state index in [2.05, 4.69) is 0 Å². The van der Waals surface area contributed by atoms with Gasteiger partial charge in [0.15, 0.2) is 0 Å². The molecule has 0 bridgehead atoms. The quantitative estimate of drug-likeness (QED) is 0.913. The summed E-state index contributed by atoms with van der Waals surface area (Å²) in [6.45, 7) is 1.57. The molecule has 1 heterocycles. The van der Waals surface area contributed by atoms with Gasteiger partial charge in [-0.2, -0.15) is 0 Å². The van der Waals surface area contributed by atoms with Gasteiger partial charge in [-0.25, -0.2) is 0 Å². The second-order valence-corrected chi connectivity index (χ2v) is 5.34. The highest BCUT2D eigenvalue weighted by Crippen LogP contribution is 2.27. The van der Waals surface area contributed by atoms with Crippen molar-refractivity contribution in [3.63, 3.8) is 0 Å². The Morgan fingerprint density at radius 3 is 2.65 bits per heavy atom. The van der Waals surface area contributed by atoms with E-state index >= 15 is 0 Å². The van der Waals surface area contributed by atoms with Gasteiger partial charge in [-0.05, 0) is 36.5 Å². The molecular formula is C13H16Cl2O2. The Morgan fingerprint density at radius 1 is 1.35 bits per heavy atom. The maximum absolute atomic E-state index is 10.0. The van der Waals surface area contributed by atoms with Crippen LogP contribution in [-0.2, 0) is 11.2 Å². The SMILES string of the molecule is OC(Cc1c(Cl)cccc1Cl)CC1CCOC1. The van der Waals surface area contributed by atoms with Crippen LogP contribution in [0.3, 0.4) is 0 Å². The summed E-state index contributed by atoms with van der Waals surface area (Å²) in [7, 11) is 0. The standard InChI is InChI=1S/C13H16Cl2O2/c14-12-2-1-3-13(15)11(12)7-10(16)6-9-4-5-17-8-9/h1-3,9-10,16H,4-8H2. The first-order chi connectivity index (χ1) is 8.16. The zero-order valence-corrected chi connectivity index (χ0v) is 11.0. The monoisotopic (exact) mass is 274 g/mol. The Bertz CT molecular complexity index is 355. The summed E-state index contributed by atoms with van der Waals surface area (Å²) >= 11 is 12.1. The Balaban J connectivity index is 1.95. The summed E-state index contributed by atoms with van der Waals surface area (Å²) < 4.78 is 5.29. The van der Waals surface area contributed by atoms with Crippen molar-refractivity contribution in [2.45, 2.75) is 25.4 Å². The maximum atomic E-state index is 10.0. The second kappa shape index (κ2) is 6.05. The van der Waals surface area contributed by atoms with Crippen LogP contribution in [0.1, 0.15) is 18.4 Å². The van der Waals surface area contributed by atoms with Crippen molar-refractivity contribution in [2.75, 3.05) is 13.2 Å². The molecule has 1 N–H and O–H groups in total. The average Bonchev–Trinajstić information content (AvgIpc) is 2.76. The van der Waals surface area contributed by atoms with Crippen molar-refractivity contribution < 1.29 is 9.84 Å². The molecule has 17 heavy (non-hydrogen) atoms. The lowest BCUT2D eigenvalue weighted by Crippen LogP contribution is -2.16. The number of hydrogen-bond donors (Lipinski definition) is 1. The molecule has 1 fully saturated rings. The fourth-order valence-electron chi connectivity index (χ4n) is 2.20. The fourth-order valence-corrected chi connectivity index (χ4v) is 2.75. The van der Waals surface area contributed by atoms with Gasteiger partial charge < -0.3 is 9.84 Å². The summed E-state index contributed by atoms with van der Waals surface area (Å²) in [5.41, 5.74) is 0.835. The van der Waals surface area contributed by atoms with Crippen LogP contribution >= 0.6 is 23.2 Å². The van der Waals surface area contributed by atoms with Crippen molar-refractivity contribution in [1.82, 2.24) is 0 Å². The number of aliphatic hydroxyl groups is 1. The minimum atomic E-state index is -0.404. The van der Waals surface area contributed by atoms with Gasteiger partial charge in [-0.15, -0.1) is 0 Å². The van der Waals surface area contributed by atoms with E-state index in [9.17, 15) is 5.11 Å². The van der Waals surface area contributed by atoms with Crippen LogP contribution < -0.4 is 0 Å². The van der Waals surface area contributed by atoms with E-state index in [0.29, 0.717) is 22.4 Å². The number of benzene rings is 1. The third-order valence-electron chi connectivity index (χ3n) is 3.13. The lowest BCUT2D eigenvalue weighted by molar-refractivity contribution is 0.129. The molecule has 2 nitrogen and oxygen atoms in total. The summed E-state index contributed by atoms with van der Waals surface area (Å²) in [5, 5.41) is 11.3. The Kier molecular flexibility index (Phi) is 4.69. The molecule has 94 valence electrons. The normalized spacial score (nSPS) is 21.7. The van der Waals surface area contributed by atoms with E-state index < -0.39 is 6.10 Å². The highest BCUT2D eigenvalue weighted by molar-refractivity contribution is 6.35. The van der Waals surface area contributed by atoms with Crippen molar-refractivity contribution >= 4 is 23.2 Å². The first-order valence-corrected chi connectivity index (χ1v) is 6.61. The molecule has 1 saturated heterocycles. The van der Waals surface area contributed by atoms with Crippen molar-refractivity contribution in [3.05, 3.63) is 33.8 Å². The largest absolute Gasteiger partial charge is 0.393 e. The van der Waals surface area contributed by atoms with Gasteiger partial charge in [0.2, 0.25) is 0 Å². The molecule has 0 aliphatic carbocycles. The van der Waals surface area contributed by atoms with E-state index in [1.54, 1.807) is 12.1 Å². The number of halogens is 2. The van der Waals surface area contributed by atoms with Gasteiger partial charge in [-0.1, -0.05) is 29.3 Å². The topological polar surface area (TPSA) is 29.5 Å². The van der Waals surface area contributed by atoms with Gasteiger partial charge in [0.25, 0.3) is 0 Å². The zero-order chi connectivity index (χ0) is 12.3. The smallest absolute Gasteiger partial charge is 0.0585 e. The molecule has 1 aromatic rings. The van der Waals surface area contributed by atoms with Gasteiger partial charge in [0.1, 0.15) is 0 Å². The van der Waals surface area contributed by atoms with Crippen LogP contribution in [0.15, 0.2) is 18.2 Å². The fraction of sp³-hybridized carbons (Fsp3) is 0.538. The van der Waals surface area contributed by atoms with Crippen LogP contribution in [0, 0.1) is 5.92 Å². The molecule has 0 spiro atoms. The molecule has 0 saturated carbocycles. The number of rotatable bonds is 4. The van der Waals surface area contributed by atoms with Crippen LogP contribution in [0.5, 0.6) is 0 Å². The molecule has 0 amide bonds. The zero-order valence-electron chi connectivity index (χ0n) is 9.53. The number of ether oxygens (including phenoxy) is 1. The summed E-state index contributed by atoms with van der Waals surface area (Å²) in [4.78, 5) is 0. The Hall–Kier alpha value is -0.280. The molecular weight excluding hydrogens is 259 g/mol. The third kappa shape index (κ3) is 3.59. The van der Waals surface area contributed by atoms with Crippen LogP contribution in [0.25, 0.3) is 0 Å².